The quantitative estimate of drug-likeness (QED) is 0.927. The van der Waals surface area contributed by atoms with E-state index in [9.17, 15) is 14.0 Å². The zero-order valence-electron chi connectivity index (χ0n) is 14.4. The maximum atomic E-state index is 13.0. The molecule has 130 valence electrons. The van der Waals surface area contributed by atoms with Gasteiger partial charge in [0.2, 0.25) is 11.8 Å². The van der Waals surface area contributed by atoms with Crippen molar-refractivity contribution in [2.45, 2.75) is 26.8 Å². The van der Waals surface area contributed by atoms with E-state index >= 15 is 0 Å². The molecule has 2 amide bonds. The van der Waals surface area contributed by atoms with Gasteiger partial charge in [-0.2, -0.15) is 0 Å². The van der Waals surface area contributed by atoms with Crippen LogP contribution < -0.4 is 5.32 Å². The molecule has 1 atom stereocenters. The number of aryl methyl sites for hydroxylation is 2. The van der Waals surface area contributed by atoms with E-state index in [-0.39, 0.29) is 30.0 Å². The van der Waals surface area contributed by atoms with Crippen molar-refractivity contribution in [3.63, 3.8) is 0 Å². The Labute approximate surface area is 146 Å². The predicted molar refractivity (Wildman–Crippen MR) is 94.5 cm³/mol. The van der Waals surface area contributed by atoms with Crippen LogP contribution in [0.4, 0.5) is 10.1 Å². The van der Waals surface area contributed by atoms with Crippen molar-refractivity contribution in [1.29, 1.82) is 0 Å². The fourth-order valence-corrected chi connectivity index (χ4v) is 2.97. The number of nitrogens with zero attached hydrogens (tertiary/aromatic N) is 1. The molecule has 2 aromatic rings. The highest BCUT2D eigenvalue weighted by molar-refractivity contribution is 5.97. The number of carbonyl (C=O) groups excluding carboxylic acids is 2. The molecule has 0 radical (unpaired) electrons. The molecule has 25 heavy (non-hydrogen) atoms. The molecular formula is C20H21FN2O2. The topological polar surface area (TPSA) is 49.4 Å². The molecule has 1 N–H and O–H groups in total. The van der Waals surface area contributed by atoms with Gasteiger partial charge in [-0.1, -0.05) is 18.2 Å². The van der Waals surface area contributed by atoms with Gasteiger partial charge in [0.25, 0.3) is 0 Å². The molecule has 0 aliphatic carbocycles. The Bertz CT molecular complexity index is 802. The lowest BCUT2D eigenvalue weighted by atomic mass is 10.1. The molecule has 3 rings (SSSR count). The number of hydrogen-bond acceptors (Lipinski definition) is 2. The predicted octanol–water partition coefficient (Wildman–Crippen LogP) is 3.43. The number of carbonyl (C=O) groups is 2. The SMILES string of the molecule is Cc1ccc(NC(=O)C2CC(=O)N(Cc3ccc(F)cc3)C2)cc1C. The first-order valence-corrected chi connectivity index (χ1v) is 8.32. The number of amides is 2. The highest BCUT2D eigenvalue weighted by Gasteiger charge is 2.34. The van der Waals surface area contributed by atoms with Gasteiger partial charge in [0.15, 0.2) is 0 Å². The van der Waals surface area contributed by atoms with Crippen LogP contribution in [0.2, 0.25) is 0 Å². The molecule has 2 aromatic carbocycles. The molecular weight excluding hydrogens is 319 g/mol. The second kappa shape index (κ2) is 7.05. The number of hydrogen-bond donors (Lipinski definition) is 1. The van der Waals surface area contributed by atoms with Crippen LogP contribution in [0.1, 0.15) is 23.1 Å². The third-order valence-corrected chi connectivity index (χ3v) is 4.65. The minimum atomic E-state index is -0.366. The van der Waals surface area contributed by atoms with Crippen LogP contribution >= 0.6 is 0 Å². The van der Waals surface area contributed by atoms with E-state index < -0.39 is 0 Å². The summed E-state index contributed by atoms with van der Waals surface area (Å²) in [5, 5.41) is 2.90. The van der Waals surface area contributed by atoms with E-state index in [1.54, 1.807) is 17.0 Å². The first kappa shape index (κ1) is 17.1. The van der Waals surface area contributed by atoms with Crippen LogP contribution in [-0.4, -0.2) is 23.3 Å². The first-order chi connectivity index (χ1) is 11.9. The molecule has 0 aromatic heterocycles. The number of anilines is 1. The maximum absolute atomic E-state index is 13.0. The second-order valence-corrected chi connectivity index (χ2v) is 6.59. The van der Waals surface area contributed by atoms with Gasteiger partial charge in [0.1, 0.15) is 5.82 Å². The lowest BCUT2D eigenvalue weighted by Gasteiger charge is -2.17. The number of rotatable bonds is 4. The average molecular weight is 340 g/mol. The van der Waals surface area contributed by atoms with E-state index in [1.807, 2.05) is 32.0 Å². The number of likely N-dealkylation sites (tertiary alicyclic amines) is 1. The molecule has 1 aliphatic rings. The van der Waals surface area contributed by atoms with E-state index in [2.05, 4.69) is 5.32 Å². The summed E-state index contributed by atoms with van der Waals surface area (Å²) in [6.45, 7) is 4.79. The van der Waals surface area contributed by atoms with Crippen LogP contribution in [0.5, 0.6) is 0 Å². The van der Waals surface area contributed by atoms with Gasteiger partial charge in [-0.3, -0.25) is 9.59 Å². The Hall–Kier alpha value is -2.69. The monoisotopic (exact) mass is 340 g/mol. The van der Waals surface area contributed by atoms with Gasteiger partial charge in [-0.15, -0.1) is 0 Å². The summed E-state index contributed by atoms with van der Waals surface area (Å²) in [4.78, 5) is 26.3. The largest absolute Gasteiger partial charge is 0.338 e. The summed E-state index contributed by atoms with van der Waals surface area (Å²) in [5.41, 5.74) is 3.88. The van der Waals surface area contributed by atoms with Crippen molar-refractivity contribution in [3.05, 3.63) is 65.0 Å². The van der Waals surface area contributed by atoms with Crippen molar-refractivity contribution in [2.75, 3.05) is 11.9 Å². The molecule has 4 nitrogen and oxygen atoms in total. The van der Waals surface area contributed by atoms with Crippen LogP contribution in [0, 0.1) is 25.6 Å². The van der Waals surface area contributed by atoms with Crippen LogP contribution in [-0.2, 0) is 16.1 Å². The van der Waals surface area contributed by atoms with Crippen molar-refractivity contribution < 1.29 is 14.0 Å². The van der Waals surface area contributed by atoms with Crippen molar-refractivity contribution in [1.82, 2.24) is 4.90 Å². The third kappa shape index (κ3) is 4.05. The number of nitrogens with one attached hydrogen (secondary N) is 1. The molecule has 5 heteroatoms. The maximum Gasteiger partial charge on any atom is 0.229 e. The molecule has 1 unspecified atom stereocenters. The standard InChI is InChI=1S/C20H21FN2O2/c1-13-3-8-18(9-14(13)2)22-20(25)16-10-19(24)23(12-16)11-15-4-6-17(21)7-5-15/h3-9,16H,10-12H2,1-2H3,(H,22,25). The first-order valence-electron chi connectivity index (χ1n) is 8.32. The van der Waals surface area contributed by atoms with Gasteiger partial charge in [-0.05, 0) is 54.8 Å². The van der Waals surface area contributed by atoms with Gasteiger partial charge >= 0.3 is 0 Å². The normalized spacial score (nSPS) is 17.0. The molecule has 0 bridgehead atoms. The van der Waals surface area contributed by atoms with E-state index in [1.165, 1.54) is 17.7 Å². The lowest BCUT2D eigenvalue weighted by Crippen LogP contribution is -2.28. The number of benzene rings is 2. The Balaban J connectivity index is 1.62. The van der Waals surface area contributed by atoms with Gasteiger partial charge < -0.3 is 10.2 Å². The number of halogens is 1. The smallest absolute Gasteiger partial charge is 0.229 e. The van der Waals surface area contributed by atoms with E-state index in [0.717, 1.165) is 16.8 Å². The second-order valence-electron chi connectivity index (χ2n) is 6.59. The van der Waals surface area contributed by atoms with Crippen LogP contribution in [0.3, 0.4) is 0 Å². The summed E-state index contributed by atoms with van der Waals surface area (Å²) in [6, 6.07) is 11.8. The Morgan fingerprint density at radius 1 is 1.16 bits per heavy atom. The molecule has 0 spiro atoms. The molecule has 1 aliphatic heterocycles. The minimum Gasteiger partial charge on any atom is -0.338 e. The summed E-state index contributed by atoms with van der Waals surface area (Å²) >= 11 is 0. The van der Waals surface area contributed by atoms with E-state index in [4.69, 9.17) is 0 Å². The molecule has 1 fully saturated rings. The fraction of sp³-hybridized carbons (Fsp3) is 0.300. The Kier molecular flexibility index (Phi) is 4.83. The summed E-state index contributed by atoms with van der Waals surface area (Å²) < 4.78 is 13.0. The fourth-order valence-electron chi connectivity index (χ4n) is 2.97. The summed E-state index contributed by atoms with van der Waals surface area (Å²) in [6.07, 6.45) is 0.206. The Morgan fingerprint density at radius 2 is 1.88 bits per heavy atom. The van der Waals surface area contributed by atoms with E-state index in [0.29, 0.717) is 13.1 Å². The Morgan fingerprint density at radius 3 is 2.56 bits per heavy atom. The van der Waals surface area contributed by atoms with Crippen molar-refractivity contribution >= 4 is 17.5 Å². The van der Waals surface area contributed by atoms with Crippen molar-refractivity contribution in [2.24, 2.45) is 5.92 Å². The summed E-state index contributed by atoms with van der Waals surface area (Å²) in [5.74, 6) is -0.862. The zero-order chi connectivity index (χ0) is 18.0. The average Bonchev–Trinajstić information content (AvgIpc) is 2.94. The highest BCUT2D eigenvalue weighted by Crippen LogP contribution is 2.23. The molecule has 1 heterocycles. The summed E-state index contributed by atoms with van der Waals surface area (Å²) in [7, 11) is 0. The van der Waals surface area contributed by atoms with Gasteiger partial charge in [0.05, 0.1) is 5.92 Å². The third-order valence-electron chi connectivity index (χ3n) is 4.65. The van der Waals surface area contributed by atoms with Crippen LogP contribution in [0.25, 0.3) is 0 Å². The molecule has 0 saturated carbocycles. The van der Waals surface area contributed by atoms with Crippen molar-refractivity contribution in [3.8, 4) is 0 Å². The zero-order valence-corrected chi connectivity index (χ0v) is 14.4. The lowest BCUT2D eigenvalue weighted by molar-refractivity contribution is -0.128. The van der Waals surface area contributed by atoms with Gasteiger partial charge in [-0.25, -0.2) is 4.39 Å². The minimum absolute atomic E-state index is 0.0513. The highest BCUT2D eigenvalue weighted by atomic mass is 19.1. The van der Waals surface area contributed by atoms with Gasteiger partial charge in [0, 0.05) is 25.2 Å². The molecule has 1 saturated heterocycles. The van der Waals surface area contributed by atoms with Crippen LogP contribution in [0.15, 0.2) is 42.5 Å².